The molecule has 3 nitrogen and oxygen atoms in total. The number of hydrogen-bond acceptors (Lipinski definition) is 2. The van der Waals surface area contributed by atoms with Gasteiger partial charge < -0.3 is 10.6 Å². The number of urea groups is 1. The third-order valence-corrected chi connectivity index (χ3v) is 1.41. The van der Waals surface area contributed by atoms with E-state index in [-0.39, 0.29) is 11.3 Å². The Morgan fingerprint density at radius 1 is 1.25 bits per heavy atom. The second-order valence-corrected chi connectivity index (χ2v) is 4.22. The molecule has 0 aliphatic carbocycles. The minimum Gasteiger partial charge on any atom is -0.338 e. The predicted molar refractivity (Wildman–Crippen MR) is 54.7 cm³/mol. The Labute approximate surface area is 79.7 Å². The van der Waals surface area contributed by atoms with Gasteiger partial charge in [-0.25, -0.2) is 4.79 Å². The van der Waals surface area contributed by atoms with Crippen LogP contribution in [0.5, 0.6) is 0 Å². The lowest BCUT2D eigenvalue weighted by atomic mass is 10.2. The fourth-order valence-corrected chi connectivity index (χ4v) is 0.691. The molecule has 0 bridgehead atoms. The standard InChI is InChI=1S/C8H18N2OS/c1-6(2)4-9-8(11)10-5-7(3)12/h6-7,12H,4-5H2,1-3H3,(H2,9,10,11). The molecule has 0 saturated carbocycles. The van der Waals surface area contributed by atoms with Crippen molar-refractivity contribution >= 4 is 18.7 Å². The molecule has 0 aromatic heterocycles. The maximum absolute atomic E-state index is 11.0. The fourth-order valence-electron chi connectivity index (χ4n) is 0.600. The molecule has 1 unspecified atom stereocenters. The Morgan fingerprint density at radius 2 is 1.75 bits per heavy atom. The van der Waals surface area contributed by atoms with Gasteiger partial charge in [0.2, 0.25) is 0 Å². The Kier molecular flexibility index (Phi) is 5.98. The summed E-state index contributed by atoms with van der Waals surface area (Å²) in [6.45, 7) is 7.37. The number of rotatable bonds is 4. The van der Waals surface area contributed by atoms with E-state index in [1.54, 1.807) is 0 Å². The van der Waals surface area contributed by atoms with Gasteiger partial charge in [0.25, 0.3) is 0 Å². The van der Waals surface area contributed by atoms with Crippen molar-refractivity contribution in [3.8, 4) is 0 Å². The molecule has 2 N–H and O–H groups in total. The first-order valence-electron chi connectivity index (χ1n) is 4.22. The van der Waals surface area contributed by atoms with E-state index in [2.05, 4.69) is 37.1 Å². The third kappa shape index (κ3) is 7.72. The van der Waals surface area contributed by atoms with Crippen LogP contribution in [0.15, 0.2) is 0 Å². The van der Waals surface area contributed by atoms with Gasteiger partial charge >= 0.3 is 6.03 Å². The summed E-state index contributed by atoms with van der Waals surface area (Å²) in [7, 11) is 0. The summed E-state index contributed by atoms with van der Waals surface area (Å²) in [5, 5.41) is 5.67. The molecule has 2 amide bonds. The maximum atomic E-state index is 11.0. The number of carbonyl (C=O) groups excluding carboxylic acids is 1. The predicted octanol–water partition coefficient (Wildman–Crippen LogP) is 1.26. The summed E-state index contributed by atoms with van der Waals surface area (Å²) in [6.07, 6.45) is 0. The van der Waals surface area contributed by atoms with Gasteiger partial charge in [-0.15, -0.1) is 0 Å². The van der Waals surface area contributed by atoms with Crippen molar-refractivity contribution < 1.29 is 4.79 Å². The molecule has 1 atom stereocenters. The highest BCUT2D eigenvalue weighted by molar-refractivity contribution is 7.80. The SMILES string of the molecule is CC(C)CNC(=O)NCC(C)S. The van der Waals surface area contributed by atoms with E-state index in [4.69, 9.17) is 0 Å². The molecule has 0 radical (unpaired) electrons. The van der Waals surface area contributed by atoms with Gasteiger partial charge in [-0.2, -0.15) is 12.6 Å². The third-order valence-electron chi connectivity index (χ3n) is 1.23. The molecule has 4 heteroatoms. The Balaban J connectivity index is 3.34. The van der Waals surface area contributed by atoms with Crippen molar-refractivity contribution in [2.45, 2.75) is 26.0 Å². The Morgan fingerprint density at radius 3 is 2.17 bits per heavy atom. The molecule has 0 rings (SSSR count). The number of thiol groups is 1. The number of hydrogen-bond donors (Lipinski definition) is 3. The first-order valence-corrected chi connectivity index (χ1v) is 4.73. The average molecular weight is 190 g/mol. The van der Waals surface area contributed by atoms with Crippen LogP contribution in [0.4, 0.5) is 4.79 Å². The van der Waals surface area contributed by atoms with Gasteiger partial charge in [-0.05, 0) is 5.92 Å². The lowest BCUT2D eigenvalue weighted by molar-refractivity contribution is 0.239. The number of carbonyl (C=O) groups is 1. The van der Waals surface area contributed by atoms with Crippen LogP contribution in [-0.2, 0) is 0 Å². The van der Waals surface area contributed by atoms with E-state index in [9.17, 15) is 4.79 Å². The van der Waals surface area contributed by atoms with E-state index >= 15 is 0 Å². The van der Waals surface area contributed by atoms with Crippen LogP contribution in [0.1, 0.15) is 20.8 Å². The summed E-state index contributed by atoms with van der Waals surface area (Å²) in [5.41, 5.74) is 0. The molecule has 0 aliphatic rings. The quantitative estimate of drug-likeness (QED) is 0.574. The van der Waals surface area contributed by atoms with Gasteiger partial charge in [-0.3, -0.25) is 0 Å². The van der Waals surface area contributed by atoms with Crippen LogP contribution in [0.3, 0.4) is 0 Å². The van der Waals surface area contributed by atoms with Crippen molar-refractivity contribution in [2.24, 2.45) is 5.92 Å². The van der Waals surface area contributed by atoms with Gasteiger partial charge in [0, 0.05) is 18.3 Å². The van der Waals surface area contributed by atoms with Crippen LogP contribution in [0.2, 0.25) is 0 Å². The molecule has 0 heterocycles. The Hall–Kier alpha value is -0.380. The molecule has 0 aliphatic heterocycles. The molecular weight excluding hydrogens is 172 g/mol. The average Bonchev–Trinajstić information content (AvgIpc) is 1.96. The van der Waals surface area contributed by atoms with E-state index in [1.807, 2.05) is 6.92 Å². The molecule has 0 saturated heterocycles. The summed E-state index contributed by atoms with van der Waals surface area (Å²) in [5.74, 6) is 0.490. The van der Waals surface area contributed by atoms with Crippen molar-refractivity contribution in [2.75, 3.05) is 13.1 Å². The zero-order valence-electron chi connectivity index (χ0n) is 7.92. The van der Waals surface area contributed by atoms with Crippen molar-refractivity contribution in [1.29, 1.82) is 0 Å². The lowest BCUT2D eigenvalue weighted by Crippen LogP contribution is -2.39. The zero-order valence-corrected chi connectivity index (χ0v) is 8.82. The molecule has 0 aromatic carbocycles. The second kappa shape index (κ2) is 6.17. The summed E-state index contributed by atoms with van der Waals surface area (Å²) in [4.78, 5) is 11.0. The van der Waals surface area contributed by atoms with Crippen LogP contribution < -0.4 is 10.6 Å². The molecule has 72 valence electrons. The van der Waals surface area contributed by atoms with Gasteiger partial charge in [0.15, 0.2) is 0 Å². The molecule has 0 aromatic rings. The highest BCUT2D eigenvalue weighted by atomic mass is 32.1. The van der Waals surface area contributed by atoms with Gasteiger partial charge in [0.1, 0.15) is 0 Å². The van der Waals surface area contributed by atoms with Crippen LogP contribution >= 0.6 is 12.6 Å². The van der Waals surface area contributed by atoms with Crippen LogP contribution in [0.25, 0.3) is 0 Å². The summed E-state index contributed by atoms with van der Waals surface area (Å²) >= 11 is 4.14. The number of nitrogens with one attached hydrogen (secondary N) is 2. The largest absolute Gasteiger partial charge is 0.338 e. The number of amides is 2. The first-order chi connectivity index (χ1) is 5.52. The zero-order chi connectivity index (χ0) is 9.56. The minimum atomic E-state index is -0.107. The van der Waals surface area contributed by atoms with Crippen molar-refractivity contribution in [1.82, 2.24) is 10.6 Å². The van der Waals surface area contributed by atoms with E-state index in [0.29, 0.717) is 19.0 Å². The highest BCUT2D eigenvalue weighted by Crippen LogP contribution is 1.89. The molecule has 0 fully saturated rings. The molecular formula is C8H18N2OS. The maximum Gasteiger partial charge on any atom is 0.314 e. The first kappa shape index (κ1) is 11.6. The minimum absolute atomic E-state index is 0.107. The van der Waals surface area contributed by atoms with Gasteiger partial charge in [0.05, 0.1) is 0 Å². The van der Waals surface area contributed by atoms with Crippen LogP contribution in [0, 0.1) is 5.92 Å². The second-order valence-electron chi connectivity index (χ2n) is 3.33. The summed E-state index contributed by atoms with van der Waals surface area (Å²) in [6, 6.07) is -0.107. The topological polar surface area (TPSA) is 41.1 Å². The molecule has 0 spiro atoms. The van der Waals surface area contributed by atoms with E-state index in [1.165, 1.54) is 0 Å². The monoisotopic (exact) mass is 190 g/mol. The fraction of sp³-hybridized carbons (Fsp3) is 0.875. The molecule has 12 heavy (non-hydrogen) atoms. The van der Waals surface area contributed by atoms with Crippen molar-refractivity contribution in [3.05, 3.63) is 0 Å². The highest BCUT2D eigenvalue weighted by Gasteiger charge is 2.01. The van der Waals surface area contributed by atoms with Crippen molar-refractivity contribution in [3.63, 3.8) is 0 Å². The Bertz CT molecular complexity index is 123. The van der Waals surface area contributed by atoms with E-state index < -0.39 is 0 Å². The lowest BCUT2D eigenvalue weighted by Gasteiger charge is -2.10. The normalized spacial score (nSPS) is 12.8. The smallest absolute Gasteiger partial charge is 0.314 e. The van der Waals surface area contributed by atoms with Gasteiger partial charge in [-0.1, -0.05) is 20.8 Å². The summed E-state index contributed by atoms with van der Waals surface area (Å²) < 4.78 is 0. The van der Waals surface area contributed by atoms with E-state index in [0.717, 1.165) is 0 Å². The van der Waals surface area contributed by atoms with Crippen LogP contribution in [-0.4, -0.2) is 24.4 Å².